The van der Waals surface area contributed by atoms with Gasteiger partial charge in [0.1, 0.15) is 15.3 Å². The van der Waals surface area contributed by atoms with Gasteiger partial charge < -0.3 is 10.1 Å². The molecule has 2 aromatic carbocycles. The maximum Gasteiger partial charge on any atom is 0.272 e. The number of methoxy groups -OCH3 is 1. The number of thiophene rings is 1. The van der Waals surface area contributed by atoms with E-state index >= 15 is 0 Å². The van der Waals surface area contributed by atoms with E-state index in [9.17, 15) is 9.59 Å². The molecule has 0 saturated carbocycles. The Bertz CT molecular complexity index is 1660. The fourth-order valence-corrected chi connectivity index (χ4v) is 5.91. The van der Waals surface area contributed by atoms with Crippen LogP contribution in [0.4, 0.5) is 5.69 Å². The molecule has 0 bridgehead atoms. The maximum atomic E-state index is 13.7. The number of hydrogen-bond acceptors (Lipinski definition) is 7. The molecule has 0 aliphatic rings. The molecule has 0 radical (unpaired) electrons. The number of aryl methyl sites for hydroxylation is 2. The van der Waals surface area contributed by atoms with Crippen molar-refractivity contribution in [2.75, 3.05) is 18.2 Å². The van der Waals surface area contributed by atoms with Crippen LogP contribution in [-0.2, 0) is 17.8 Å². The number of benzene rings is 2. The highest BCUT2D eigenvalue weighted by molar-refractivity contribution is 7.99. The van der Waals surface area contributed by atoms with E-state index in [-0.39, 0.29) is 17.2 Å². The highest BCUT2D eigenvalue weighted by Gasteiger charge is 2.18. The van der Waals surface area contributed by atoms with Crippen LogP contribution in [0, 0.1) is 6.92 Å². The summed E-state index contributed by atoms with van der Waals surface area (Å²) in [6.07, 6.45) is 2.66. The number of nitrogens with one attached hydrogen (secondary N) is 1. The van der Waals surface area contributed by atoms with Crippen LogP contribution in [0.15, 0.2) is 70.7 Å². The number of amides is 1. The van der Waals surface area contributed by atoms with Gasteiger partial charge in [-0.3, -0.25) is 14.2 Å². The minimum Gasteiger partial charge on any atom is -0.495 e. The Morgan fingerprint density at radius 1 is 1.14 bits per heavy atom. The van der Waals surface area contributed by atoms with Gasteiger partial charge >= 0.3 is 0 Å². The number of ether oxygens (including phenoxy) is 1. The third-order valence-corrected chi connectivity index (χ3v) is 8.12. The fraction of sp³-hybridized carbons (Fsp3) is 0.214. The fourth-order valence-electron chi connectivity index (χ4n) is 4.09. The lowest BCUT2D eigenvalue weighted by Gasteiger charge is -2.13. The molecule has 0 aliphatic heterocycles. The zero-order chi connectivity index (χ0) is 25.9. The minimum absolute atomic E-state index is 0.0874. The molecular formula is C28H26N4O3S2. The molecule has 0 saturated heterocycles. The van der Waals surface area contributed by atoms with Gasteiger partial charge in [-0.05, 0) is 54.3 Å². The number of aromatic nitrogens is 3. The van der Waals surface area contributed by atoms with Crippen LogP contribution < -0.4 is 15.6 Å². The zero-order valence-electron chi connectivity index (χ0n) is 20.8. The van der Waals surface area contributed by atoms with Crippen molar-refractivity contribution in [2.45, 2.75) is 32.0 Å². The van der Waals surface area contributed by atoms with E-state index in [1.807, 2.05) is 49.4 Å². The predicted octanol–water partition coefficient (Wildman–Crippen LogP) is 5.66. The lowest BCUT2D eigenvalue weighted by molar-refractivity contribution is -0.113. The number of fused-ring (bicyclic) bond motifs is 3. The normalized spacial score (nSPS) is 11.2. The zero-order valence-corrected chi connectivity index (χ0v) is 22.4. The Morgan fingerprint density at radius 3 is 2.68 bits per heavy atom. The van der Waals surface area contributed by atoms with Crippen LogP contribution in [0.5, 0.6) is 5.75 Å². The van der Waals surface area contributed by atoms with Crippen molar-refractivity contribution in [2.24, 2.45) is 0 Å². The number of nitrogens with zero attached hydrogens (tertiary/aromatic N) is 3. The first-order chi connectivity index (χ1) is 18.0. The van der Waals surface area contributed by atoms with Crippen molar-refractivity contribution in [3.63, 3.8) is 0 Å². The number of pyridine rings is 1. The second kappa shape index (κ2) is 10.7. The van der Waals surface area contributed by atoms with Gasteiger partial charge in [-0.25, -0.2) is 9.97 Å². The van der Waals surface area contributed by atoms with Crippen molar-refractivity contribution in [1.29, 1.82) is 0 Å². The molecule has 1 N–H and O–H groups in total. The Morgan fingerprint density at radius 2 is 1.92 bits per heavy atom. The summed E-state index contributed by atoms with van der Waals surface area (Å²) in [5.41, 5.74) is 4.35. The van der Waals surface area contributed by atoms with E-state index in [4.69, 9.17) is 9.72 Å². The quantitative estimate of drug-likeness (QED) is 0.206. The molecule has 5 rings (SSSR count). The predicted molar refractivity (Wildman–Crippen MR) is 151 cm³/mol. The first kappa shape index (κ1) is 25.0. The molecule has 1 amide bonds. The largest absolute Gasteiger partial charge is 0.495 e. The highest BCUT2D eigenvalue weighted by Crippen LogP contribution is 2.31. The van der Waals surface area contributed by atoms with Crippen LogP contribution in [0.25, 0.3) is 20.4 Å². The van der Waals surface area contributed by atoms with Crippen molar-refractivity contribution in [3.8, 4) is 5.75 Å². The summed E-state index contributed by atoms with van der Waals surface area (Å²) >= 11 is 2.59. The van der Waals surface area contributed by atoms with Crippen LogP contribution in [0.2, 0.25) is 0 Å². The molecule has 3 heterocycles. The molecule has 5 aromatic rings. The summed E-state index contributed by atoms with van der Waals surface area (Å²) in [4.78, 5) is 36.6. The molecule has 0 fully saturated rings. The van der Waals surface area contributed by atoms with Crippen molar-refractivity contribution < 1.29 is 9.53 Å². The van der Waals surface area contributed by atoms with Crippen molar-refractivity contribution in [1.82, 2.24) is 14.5 Å². The standard InChI is InChI=1S/C28H26N4O3S2/c1-4-18-8-10-19(11-9-18)15-32-27(34)25-24(20-6-5-13-29-26(20)37-25)31-28(32)36-16-23(33)30-21-14-17(2)7-12-22(21)35-3/h5-14H,4,15-16H2,1-3H3,(H,30,33). The van der Waals surface area contributed by atoms with Gasteiger partial charge in [0, 0.05) is 11.6 Å². The molecule has 37 heavy (non-hydrogen) atoms. The van der Waals surface area contributed by atoms with Crippen LogP contribution in [-0.4, -0.2) is 33.3 Å². The van der Waals surface area contributed by atoms with Crippen LogP contribution in [0.3, 0.4) is 0 Å². The van der Waals surface area contributed by atoms with Crippen LogP contribution in [0.1, 0.15) is 23.6 Å². The van der Waals surface area contributed by atoms with Gasteiger partial charge in [0.05, 0.1) is 30.6 Å². The second-order valence-corrected chi connectivity index (χ2v) is 10.6. The van der Waals surface area contributed by atoms with E-state index in [2.05, 4.69) is 29.4 Å². The van der Waals surface area contributed by atoms with E-state index in [1.165, 1.54) is 28.7 Å². The molecular weight excluding hydrogens is 504 g/mol. The molecule has 0 unspecified atom stereocenters. The summed E-state index contributed by atoms with van der Waals surface area (Å²) in [5, 5.41) is 4.26. The first-order valence-electron chi connectivity index (χ1n) is 11.9. The Labute approximate surface area is 222 Å². The summed E-state index contributed by atoms with van der Waals surface area (Å²) in [5.74, 6) is 0.469. The summed E-state index contributed by atoms with van der Waals surface area (Å²) in [6, 6.07) is 17.6. The van der Waals surface area contributed by atoms with Gasteiger partial charge in [0.2, 0.25) is 5.91 Å². The van der Waals surface area contributed by atoms with E-state index in [0.29, 0.717) is 33.4 Å². The van der Waals surface area contributed by atoms with Gasteiger partial charge in [-0.15, -0.1) is 11.3 Å². The second-order valence-electron chi connectivity index (χ2n) is 8.63. The first-order valence-corrected chi connectivity index (χ1v) is 13.7. The average Bonchev–Trinajstić information content (AvgIpc) is 3.29. The lowest BCUT2D eigenvalue weighted by Crippen LogP contribution is -2.24. The molecule has 188 valence electrons. The maximum absolute atomic E-state index is 13.7. The lowest BCUT2D eigenvalue weighted by atomic mass is 10.1. The number of anilines is 1. The van der Waals surface area contributed by atoms with Gasteiger partial charge in [-0.2, -0.15) is 0 Å². The monoisotopic (exact) mass is 530 g/mol. The Balaban J connectivity index is 1.49. The van der Waals surface area contributed by atoms with Crippen molar-refractivity contribution >= 4 is 55.1 Å². The molecule has 3 aromatic heterocycles. The third-order valence-electron chi connectivity index (χ3n) is 6.05. The van der Waals surface area contributed by atoms with Gasteiger partial charge in [0.25, 0.3) is 5.56 Å². The topological polar surface area (TPSA) is 86.1 Å². The highest BCUT2D eigenvalue weighted by atomic mass is 32.2. The molecule has 9 heteroatoms. The molecule has 0 aliphatic carbocycles. The number of rotatable bonds is 8. The van der Waals surface area contributed by atoms with Gasteiger partial charge in [0.15, 0.2) is 5.16 Å². The van der Waals surface area contributed by atoms with Crippen LogP contribution >= 0.6 is 23.1 Å². The summed E-state index contributed by atoms with van der Waals surface area (Å²) in [6.45, 7) is 4.43. The van der Waals surface area contributed by atoms with Crippen molar-refractivity contribution in [3.05, 3.63) is 87.8 Å². The molecule has 7 nitrogen and oxygen atoms in total. The molecule has 0 atom stereocenters. The number of carbonyl (C=O) groups excluding carboxylic acids is 1. The van der Waals surface area contributed by atoms with Gasteiger partial charge in [-0.1, -0.05) is 49.0 Å². The number of carbonyl (C=O) groups is 1. The molecule has 0 spiro atoms. The number of hydrogen-bond donors (Lipinski definition) is 1. The SMILES string of the molecule is CCc1ccc(Cn2c(SCC(=O)Nc3cc(C)ccc3OC)nc3c(sc4ncccc43)c2=O)cc1. The summed E-state index contributed by atoms with van der Waals surface area (Å²) in [7, 11) is 1.57. The third kappa shape index (κ3) is 5.23. The van der Waals surface area contributed by atoms with E-state index < -0.39 is 0 Å². The minimum atomic E-state index is -0.209. The average molecular weight is 531 g/mol. The summed E-state index contributed by atoms with van der Waals surface area (Å²) < 4.78 is 7.60. The Kier molecular flexibility index (Phi) is 7.25. The smallest absolute Gasteiger partial charge is 0.272 e. The van der Waals surface area contributed by atoms with E-state index in [0.717, 1.165) is 27.8 Å². The Hall–Kier alpha value is -3.69. The van der Waals surface area contributed by atoms with E-state index in [1.54, 1.807) is 17.9 Å². The number of thioether (sulfide) groups is 1.